The van der Waals surface area contributed by atoms with Gasteiger partial charge in [-0.2, -0.15) is 5.26 Å². The number of nitrogens with two attached hydrogens (primary N) is 1. The van der Waals surface area contributed by atoms with Crippen LogP contribution >= 0.6 is 0 Å². The van der Waals surface area contributed by atoms with E-state index in [4.69, 9.17) is 10.5 Å². The van der Waals surface area contributed by atoms with Gasteiger partial charge >= 0.3 is 0 Å². The molecule has 3 N–H and O–H groups in total. The average molecular weight is 349 g/mol. The molecular weight excluding hydrogens is 330 g/mol. The molecule has 1 atom stereocenters. The Morgan fingerprint density at radius 1 is 1.27 bits per heavy atom. The molecule has 6 nitrogen and oxygen atoms in total. The highest BCUT2D eigenvalue weighted by molar-refractivity contribution is 6.19. The predicted molar refractivity (Wildman–Crippen MR) is 94.4 cm³/mol. The molecular formula is C20H19N3O3. The Labute approximate surface area is 151 Å². The summed E-state index contributed by atoms with van der Waals surface area (Å²) >= 11 is 0. The lowest BCUT2D eigenvalue weighted by atomic mass is 9.62. The number of hydrogen-bond donors (Lipinski definition) is 2. The summed E-state index contributed by atoms with van der Waals surface area (Å²) in [4.78, 5) is 26.4. The van der Waals surface area contributed by atoms with Crippen molar-refractivity contribution >= 4 is 17.4 Å². The summed E-state index contributed by atoms with van der Waals surface area (Å²) < 4.78 is 5.69. The van der Waals surface area contributed by atoms with Crippen LogP contribution in [0.1, 0.15) is 37.8 Å². The monoisotopic (exact) mass is 349 g/mol. The first kappa shape index (κ1) is 16.4. The number of anilines is 1. The highest BCUT2D eigenvalue weighted by Crippen LogP contribution is 2.56. The third-order valence-electron chi connectivity index (χ3n) is 5.43. The molecule has 1 aliphatic carbocycles. The fraction of sp³-hybridized carbons (Fsp3) is 0.350. The number of aryl methyl sites for hydroxylation is 1. The summed E-state index contributed by atoms with van der Waals surface area (Å²) in [6.45, 7) is 5.81. The second-order valence-corrected chi connectivity index (χ2v) is 7.89. The summed E-state index contributed by atoms with van der Waals surface area (Å²) in [5, 5.41) is 12.7. The lowest BCUT2D eigenvalue weighted by Gasteiger charge is -2.41. The predicted octanol–water partition coefficient (Wildman–Crippen LogP) is 2.55. The van der Waals surface area contributed by atoms with Gasteiger partial charge in [0.1, 0.15) is 22.8 Å². The van der Waals surface area contributed by atoms with E-state index in [2.05, 4.69) is 5.32 Å². The molecule has 0 bridgehead atoms. The molecule has 2 aliphatic heterocycles. The highest BCUT2D eigenvalue weighted by atomic mass is 16.5. The molecule has 3 aliphatic rings. The van der Waals surface area contributed by atoms with Crippen molar-refractivity contribution in [1.29, 1.82) is 5.26 Å². The Balaban J connectivity index is 2.11. The van der Waals surface area contributed by atoms with Crippen LogP contribution < -0.4 is 11.1 Å². The third kappa shape index (κ3) is 1.86. The molecule has 1 aromatic rings. The van der Waals surface area contributed by atoms with Crippen molar-refractivity contribution in [3.63, 3.8) is 0 Å². The van der Waals surface area contributed by atoms with Crippen LogP contribution in [0.4, 0.5) is 5.69 Å². The van der Waals surface area contributed by atoms with Crippen LogP contribution in [0.3, 0.4) is 0 Å². The molecule has 26 heavy (non-hydrogen) atoms. The van der Waals surface area contributed by atoms with Gasteiger partial charge in [0.2, 0.25) is 11.8 Å². The van der Waals surface area contributed by atoms with Crippen molar-refractivity contribution < 1.29 is 14.3 Å². The fourth-order valence-electron chi connectivity index (χ4n) is 4.37. The number of carbonyl (C=O) groups excluding carboxylic acids is 2. The standard InChI is InChI=1S/C20H19N3O3/c1-10-5-4-6-11-16(10)23-18(25)20(11)12(9-21)17(22)26-14-8-19(2,3)7-13(24)15(14)20/h4-6H,7-8,22H2,1-3H3,(H,23,25). The number of fused-ring (bicyclic) bond motifs is 3. The number of nitriles is 1. The number of rotatable bonds is 0. The minimum atomic E-state index is -1.53. The number of carbonyl (C=O) groups is 2. The van der Waals surface area contributed by atoms with E-state index in [9.17, 15) is 14.9 Å². The van der Waals surface area contributed by atoms with Crippen LogP contribution in [0.15, 0.2) is 41.0 Å². The van der Waals surface area contributed by atoms with Crippen molar-refractivity contribution in [3.05, 3.63) is 52.1 Å². The summed E-state index contributed by atoms with van der Waals surface area (Å²) in [5.41, 5.74) is 6.54. The molecule has 0 aromatic heterocycles. The zero-order chi connectivity index (χ0) is 18.9. The van der Waals surface area contributed by atoms with E-state index in [-0.39, 0.29) is 34.6 Å². The zero-order valence-electron chi connectivity index (χ0n) is 14.9. The number of hydrogen-bond acceptors (Lipinski definition) is 5. The van der Waals surface area contributed by atoms with Crippen molar-refractivity contribution in [3.8, 4) is 6.07 Å². The number of Topliss-reactive ketones (excluding diaryl/α,β-unsaturated/α-hetero) is 1. The van der Waals surface area contributed by atoms with Crippen LogP contribution in [0.5, 0.6) is 0 Å². The second kappa shape index (κ2) is 4.98. The Bertz CT molecular complexity index is 994. The maximum Gasteiger partial charge on any atom is 0.245 e. The minimum Gasteiger partial charge on any atom is -0.444 e. The maximum absolute atomic E-state index is 13.2. The number of nitrogens with one attached hydrogen (secondary N) is 1. The molecule has 4 rings (SSSR count). The molecule has 0 saturated heterocycles. The molecule has 132 valence electrons. The largest absolute Gasteiger partial charge is 0.444 e. The smallest absolute Gasteiger partial charge is 0.245 e. The van der Waals surface area contributed by atoms with Crippen LogP contribution in [0.25, 0.3) is 0 Å². The molecule has 1 amide bonds. The van der Waals surface area contributed by atoms with Crippen molar-refractivity contribution in [2.75, 3.05) is 5.32 Å². The summed E-state index contributed by atoms with van der Waals surface area (Å²) in [6, 6.07) is 7.49. The van der Waals surface area contributed by atoms with E-state index in [1.807, 2.05) is 39.0 Å². The van der Waals surface area contributed by atoms with Gasteiger partial charge in [-0.1, -0.05) is 32.0 Å². The van der Waals surface area contributed by atoms with E-state index >= 15 is 0 Å². The van der Waals surface area contributed by atoms with Crippen molar-refractivity contribution in [2.24, 2.45) is 11.1 Å². The molecule has 0 radical (unpaired) electrons. The number of para-hydroxylation sites is 1. The summed E-state index contributed by atoms with van der Waals surface area (Å²) in [6.07, 6.45) is 0.758. The van der Waals surface area contributed by atoms with Gasteiger partial charge < -0.3 is 15.8 Å². The van der Waals surface area contributed by atoms with Gasteiger partial charge in [0.15, 0.2) is 5.78 Å². The highest BCUT2D eigenvalue weighted by Gasteiger charge is 2.61. The number of nitrogens with zero attached hydrogens (tertiary/aromatic N) is 1. The van der Waals surface area contributed by atoms with Gasteiger partial charge in [0.25, 0.3) is 0 Å². The third-order valence-corrected chi connectivity index (χ3v) is 5.43. The number of ether oxygens (including phenoxy) is 1. The summed E-state index contributed by atoms with van der Waals surface area (Å²) in [5.74, 6) is -0.320. The van der Waals surface area contributed by atoms with Crippen LogP contribution in [-0.2, 0) is 19.7 Å². The van der Waals surface area contributed by atoms with E-state index < -0.39 is 11.3 Å². The first-order chi connectivity index (χ1) is 12.2. The van der Waals surface area contributed by atoms with Gasteiger partial charge in [0.05, 0.1) is 5.57 Å². The topological polar surface area (TPSA) is 105 Å². The molecule has 1 aromatic carbocycles. The first-order valence-electron chi connectivity index (χ1n) is 8.49. The Morgan fingerprint density at radius 3 is 2.69 bits per heavy atom. The van der Waals surface area contributed by atoms with Gasteiger partial charge in [0, 0.05) is 24.1 Å². The average Bonchev–Trinajstić information content (AvgIpc) is 2.81. The van der Waals surface area contributed by atoms with Crippen LogP contribution in [-0.4, -0.2) is 11.7 Å². The van der Waals surface area contributed by atoms with Gasteiger partial charge in [-0.25, -0.2) is 0 Å². The van der Waals surface area contributed by atoms with E-state index in [0.717, 1.165) is 5.56 Å². The van der Waals surface area contributed by atoms with E-state index in [1.54, 1.807) is 6.07 Å². The van der Waals surface area contributed by atoms with Gasteiger partial charge in [-0.3, -0.25) is 9.59 Å². The van der Waals surface area contributed by atoms with Gasteiger partial charge in [-0.05, 0) is 17.9 Å². The molecule has 6 heteroatoms. The lowest BCUT2D eigenvalue weighted by molar-refractivity contribution is -0.124. The molecule has 0 fully saturated rings. The fourth-order valence-corrected chi connectivity index (χ4v) is 4.37. The van der Waals surface area contributed by atoms with E-state index in [0.29, 0.717) is 23.4 Å². The minimum absolute atomic E-state index is 0.0221. The molecule has 2 heterocycles. The number of ketones is 1. The Hall–Kier alpha value is -3.07. The molecule has 0 saturated carbocycles. The van der Waals surface area contributed by atoms with Crippen molar-refractivity contribution in [1.82, 2.24) is 0 Å². The van der Waals surface area contributed by atoms with Gasteiger partial charge in [-0.15, -0.1) is 0 Å². The Morgan fingerprint density at radius 2 is 2.00 bits per heavy atom. The SMILES string of the molecule is Cc1cccc2c1NC(=O)C21C(C#N)=C(N)OC2=C1C(=O)CC(C)(C)C2. The number of allylic oxidation sites excluding steroid dienone is 1. The lowest BCUT2D eigenvalue weighted by Crippen LogP contribution is -2.48. The molecule has 1 spiro atoms. The first-order valence-corrected chi connectivity index (χ1v) is 8.49. The zero-order valence-corrected chi connectivity index (χ0v) is 14.9. The van der Waals surface area contributed by atoms with E-state index in [1.165, 1.54) is 0 Å². The Kier molecular flexibility index (Phi) is 3.14. The van der Waals surface area contributed by atoms with Crippen LogP contribution in [0, 0.1) is 23.7 Å². The maximum atomic E-state index is 13.2. The summed E-state index contributed by atoms with van der Waals surface area (Å²) in [7, 11) is 0. The molecule has 1 unspecified atom stereocenters. The van der Waals surface area contributed by atoms with Crippen LogP contribution in [0.2, 0.25) is 0 Å². The quantitative estimate of drug-likeness (QED) is 0.749. The second-order valence-electron chi connectivity index (χ2n) is 7.89. The number of benzene rings is 1. The van der Waals surface area contributed by atoms with Crippen molar-refractivity contribution in [2.45, 2.75) is 39.0 Å². The number of amides is 1. The normalized spacial score (nSPS) is 26.2.